The van der Waals surface area contributed by atoms with Crippen molar-refractivity contribution in [1.82, 2.24) is 0 Å². The van der Waals surface area contributed by atoms with Crippen LogP contribution in [0.5, 0.6) is 0 Å². The van der Waals surface area contributed by atoms with E-state index in [1.54, 1.807) is 11.8 Å². The molecule has 1 heteroatoms. The van der Waals surface area contributed by atoms with Crippen LogP contribution in [0.2, 0.25) is 0 Å². The number of benzene rings is 5. The fourth-order valence-electron chi connectivity index (χ4n) is 4.52. The Balaban J connectivity index is 1.60. The van der Waals surface area contributed by atoms with Gasteiger partial charge in [-0.1, -0.05) is 67.8 Å². The molecule has 5 aromatic rings. The lowest BCUT2D eigenvalue weighted by Crippen LogP contribution is -1.87. The molecule has 0 fully saturated rings. The first kappa shape index (κ1) is 21.3. The first-order valence-corrected chi connectivity index (χ1v) is 12.3. The lowest BCUT2D eigenvalue weighted by atomic mass is 9.97. The molecule has 0 atom stereocenters. The molecule has 0 nitrogen and oxygen atoms in total. The summed E-state index contributed by atoms with van der Waals surface area (Å²) in [6, 6.07) is 26.7. The van der Waals surface area contributed by atoms with E-state index in [1.165, 1.54) is 53.9 Å². The van der Waals surface area contributed by atoms with Gasteiger partial charge >= 0.3 is 0 Å². The van der Waals surface area contributed by atoms with Crippen molar-refractivity contribution in [3.8, 4) is 0 Å². The Labute approximate surface area is 200 Å². The SMILES string of the molecule is C=Cc1cc2cc(/C=C/c3cc4cc5ccccc5cc4cc3C)c(SC)cc2cc1C=C. The minimum absolute atomic E-state index is 1.11. The Morgan fingerprint density at radius 1 is 0.576 bits per heavy atom. The van der Waals surface area contributed by atoms with Gasteiger partial charge in [-0.2, -0.15) is 0 Å². The van der Waals surface area contributed by atoms with Gasteiger partial charge in [0.25, 0.3) is 0 Å². The second-order valence-corrected chi connectivity index (χ2v) is 9.27. The van der Waals surface area contributed by atoms with E-state index in [0.29, 0.717) is 0 Å². The third-order valence-corrected chi connectivity index (χ3v) is 7.16. The highest BCUT2D eigenvalue weighted by atomic mass is 32.2. The summed E-state index contributed by atoms with van der Waals surface area (Å²) in [6.07, 6.45) is 10.4. The molecular weight excluding hydrogens is 416 g/mol. The molecule has 0 aliphatic rings. The van der Waals surface area contributed by atoms with Gasteiger partial charge in [-0.3, -0.25) is 0 Å². The van der Waals surface area contributed by atoms with E-state index < -0.39 is 0 Å². The van der Waals surface area contributed by atoms with Crippen LogP contribution in [0.15, 0.2) is 90.8 Å². The van der Waals surface area contributed by atoms with Crippen LogP contribution < -0.4 is 0 Å². The minimum atomic E-state index is 1.11. The molecule has 0 heterocycles. The normalized spacial score (nSPS) is 11.6. The standard InChI is InChI=1S/C32H26S/c1-5-22-14-29-19-27(32(33-4)20-31(29)15-23(22)6-2)12-11-24-16-30-18-26-10-8-7-9-25(26)17-28(30)13-21(24)3/h5-20H,1-2H2,3-4H3/b12-11+. The van der Waals surface area contributed by atoms with Crippen molar-refractivity contribution in [2.45, 2.75) is 11.8 Å². The van der Waals surface area contributed by atoms with Crippen LogP contribution >= 0.6 is 11.8 Å². The molecule has 0 aliphatic carbocycles. The first-order chi connectivity index (χ1) is 16.1. The smallest absolute Gasteiger partial charge is 0.0148 e. The number of fused-ring (bicyclic) bond motifs is 3. The van der Waals surface area contributed by atoms with Crippen molar-refractivity contribution in [1.29, 1.82) is 0 Å². The zero-order valence-corrected chi connectivity index (χ0v) is 19.9. The van der Waals surface area contributed by atoms with Gasteiger partial charge in [0, 0.05) is 4.90 Å². The summed E-state index contributed by atoms with van der Waals surface area (Å²) >= 11 is 1.78. The van der Waals surface area contributed by atoms with Crippen molar-refractivity contribution in [2.75, 3.05) is 6.26 Å². The summed E-state index contributed by atoms with van der Waals surface area (Å²) in [5.41, 5.74) is 5.99. The molecule has 0 aliphatic heterocycles. The molecule has 160 valence electrons. The van der Waals surface area contributed by atoms with Gasteiger partial charge in [0.15, 0.2) is 0 Å². The Hall–Kier alpha value is -3.55. The van der Waals surface area contributed by atoms with Crippen LogP contribution in [0.3, 0.4) is 0 Å². The monoisotopic (exact) mass is 442 g/mol. The van der Waals surface area contributed by atoms with E-state index in [9.17, 15) is 0 Å². The molecule has 0 radical (unpaired) electrons. The van der Waals surface area contributed by atoms with Gasteiger partial charge in [0.2, 0.25) is 0 Å². The molecule has 0 saturated heterocycles. The lowest BCUT2D eigenvalue weighted by Gasteiger charge is -2.10. The Bertz CT molecular complexity index is 1580. The highest BCUT2D eigenvalue weighted by molar-refractivity contribution is 7.98. The molecule has 0 aromatic heterocycles. The number of hydrogen-bond donors (Lipinski definition) is 0. The summed E-state index contributed by atoms with van der Waals surface area (Å²) in [6.45, 7) is 10.1. The van der Waals surface area contributed by atoms with Crippen molar-refractivity contribution in [3.63, 3.8) is 0 Å². The lowest BCUT2D eigenvalue weighted by molar-refractivity contribution is 1.46. The van der Waals surface area contributed by atoms with Gasteiger partial charge < -0.3 is 0 Å². The largest absolute Gasteiger partial charge is 0.129 e. The third-order valence-electron chi connectivity index (χ3n) is 6.36. The Kier molecular flexibility index (Phi) is 5.66. The van der Waals surface area contributed by atoms with Gasteiger partial charge in [0.1, 0.15) is 0 Å². The highest BCUT2D eigenvalue weighted by Gasteiger charge is 2.07. The van der Waals surface area contributed by atoms with Crippen LogP contribution in [0.4, 0.5) is 0 Å². The van der Waals surface area contributed by atoms with Crippen LogP contribution in [0, 0.1) is 6.92 Å². The summed E-state index contributed by atoms with van der Waals surface area (Å²) < 4.78 is 0. The quantitative estimate of drug-likeness (QED) is 0.148. The van der Waals surface area contributed by atoms with Gasteiger partial charge in [-0.25, -0.2) is 0 Å². The molecule has 0 bridgehead atoms. The molecular formula is C32H26S. The number of rotatable bonds is 5. The maximum absolute atomic E-state index is 3.97. The molecule has 0 amide bonds. The Morgan fingerprint density at radius 3 is 1.67 bits per heavy atom. The highest BCUT2D eigenvalue weighted by Crippen LogP contribution is 2.32. The summed E-state index contributed by atoms with van der Waals surface area (Å²) in [5, 5.41) is 7.57. The second-order valence-electron chi connectivity index (χ2n) is 8.42. The Morgan fingerprint density at radius 2 is 1.06 bits per heavy atom. The summed E-state index contributed by atoms with van der Waals surface area (Å²) in [7, 11) is 0. The van der Waals surface area contributed by atoms with Crippen molar-refractivity contribution < 1.29 is 0 Å². The second kappa shape index (κ2) is 8.77. The number of thioether (sulfide) groups is 1. The van der Waals surface area contributed by atoms with Crippen LogP contribution in [-0.4, -0.2) is 6.26 Å². The summed E-state index contributed by atoms with van der Waals surface area (Å²) in [4.78, 5) is 1.27. The molecule has 33 heavy (non-hydrogen) atoms. The molecule has 0 spiro atoms. The zero-order valence-electron chi connectivity index (χ0n) is 19.1. The fourth-order valence-corrected chi connectivity index (χ4v) is 5.13. The van der Waals surface area contributed by atoms with E-state index in [-0.39, 0.29) is 0 Å². The first-order valence-electron chi connectivity index (χ1n) is 11.1. The average Bonchev–Trinajstić information content (AvgIpc) is 2.84. The van der Waals surface area contributed by atoms with Crippen LogP contribution in [0.1, 0.15) is 27.8 Å². The van der Waals surface area contributed by atoms with E-state index in [4.69, 9.17) is 0 Å². The molecule has 0 saturated carbocycles. The summed E-state index contributed by atoms with van der Waals surface area (Å²) in [5.74, 6) is 0. The average molecular weight is 443 g/mol. The van der Waals surface area contributed by atoms with Crippen LogP contribution in [-0.2, 0) is 0 Å². The third kappa shape index (κ3) is 4.01. The van der Waals surface area contributed by atoms with Gasteiger partial charge in [0.05, 0.1) is 0 Å². The molecule has 0 N–H and O–H groups in total. The predicted octanol–water partition coefficient (Wildman–Crippen LogP) is 9.63. The number of aryl methyl sites for hydroxylation is 1. The van der Waals surface area contributed by atoms with E-state index in [1.807, 2.05) is 12.2 Å². The van der Waals surface area contributed by atoms with E-state index in [2.05, 4.69) is 111 Å². The van der Waals surface area contributed by atoms with Crippen molar-refractivity contribution >= 4 is 68.4 Å². The minimum Gasteiger partial charge on any atom is -0.129 e. The fraction of sp³-hybridized carbons (Fsp3) is 0.0625. The van der Waals surface area contributed by atoms with E-state index >= 15 is 0 Å². The maximum Gasteiger partial charge on any atom is 0.0148 e. The molecule has 0 unspecified atom stereocenters. The zero-order chi connectivity index (χ0) is 22.9. The number of hydrogen-bond acceptors (Lipinski definition) is 1. The van der Waals surface area contributed by atoms with Crippen molar-refractivity contribution in [2.24, 2.45) is 0 Å². The van der Waals surface area contributed by atoms with Gasteiger partial charge in [-0.15, -0.1) is 11.8 Å². The van der Waals surface area contributed by atoms with Gasteiger partial charge in [-0.05, 0) is 116 Å². The topological polar surface area (TPSA) is 0 Å². The van der Waals surface area contributed by atoms with E-state index in [0.717, 1.165) is 11.1 Å². The maximum atomic E-state index is 3.97. The van der Waals surface area contributed by atoms with Crippen molar-refractivity contribution in [3.05, 3.63) is 114 Å². The van der Waals surface area contributed by atoms with Crippen LogP contribution in [0.25, 0.3) is 56.6 Å². The predicted molar refractivity (Wildman–Crippen MR) is 151 cm³/mol. The molecule has 5 rings (SSSR count). The molecule has 5 aromatic carbocycles.